The van der Waals surface area contributed by atoms with Crippen LogP contribution in [0.5, 0.6) is 0 Å². The zero-order chi connectivity index (χ0) is 16.1. The van der Waals surface area contributed by atoms with Gasteiger partial charge < -0.3 is 22.1 Å². The van der Waals surface area contributed by atoms with E-state index in [1.54, 1.807) is 0 Å². The third-order valence-corrected chi connectivity index (χ3v) is 2.57. The second-order valence-corrected chi connectivity index (χ2v) is 5.16. The summed E-state index contributed by atoms with van der Waals surface area (Å²) in [6.07, 6.45) is 9.47. The maximum absolute atomic E-state index is 8.83. The zero-order valence-electron chi connectivity index (χ0n) is 12.1. The molecule has 22 heavy (non-hydrogen) atoms. The van der Waals surface area contributed by atoms with Crippen LogP contribution in [0.4, 0.5) is 0 Å². The molecule has 2 rings (SSSR count). The van der Waals surface area contributed by atoms with Gasteiger partial charge in [-0.15, -0.1) is 25.7 Å². The van der Waals surface area contributed by atoms with Crippen LogP contribution in [-0.2, 0) is 17.1 Å². The van der Waals surface area contributed by atoms with Crippen molar-refractivity contribution < 1.29 is 45.9 Å². The molecular weight excluding hydrogens is 363 g/mol. The van der Waals surface area contributed by atoms with Crippen molar-refractivity contribution in [3.05, 3.63) is 46.0 Å². The molecule has 135 valence electrons. The molecule has 1 saturated heterocycles. The number of halogens is 1. The Morgan fingerprint density at radius 1 is 1.27 bits per heavy atom. The molecule has 0 amide bonds. The van der Waals surface area contributed by atoms with Gasteiger partial charge in [0.15, 0.2) is 0 Å². The minimum absolute atomic E-state index is 0. The molecule has 2 aliphatic rings. The number of nitrogens with zero attached hydrogens (tertiary/aromatic N) is 2. The zero-order valence-corrected chi connectivity index (χ0v) is 13.8. The second kappa shape index (κ2) is 14.4. The van der Waals surface area contributed by atoms with Crippen LogP contribution in [-0.4, -0.2) is 46.2 Å². The van der Waals surface area contributed by atoms with Crippen LogP contribution in [0.3, 0.4) is 0 Å². The molecule has 0 spiro atoms. The Morgan fingerprint density at radius 2 is 1.91 bits per heavy atom. The van der Waals surface area contributed by atoms with Gasteiger partial charge in [0.25, 0.3) is 0 Å². The van der Waals surface area contributed by atoms with Gasteiger partial charge in [-0.05, 0) is 0 Å². The molecule has 0 saturated carbocycles. The fourth-order valence-corrected chi connectivity index (χ4v) is 1.60. The molecule has 5 N–H and O–H groups in total. The van der Waals surface area contributed by atoms with E-state index in [1.807, 2.05) is 18.2 Å². The van der Waals surface area contributed by atoms with Gasteiger partial charge in [0.05, 0.1) is 0 Å². The fourth-order valence-electron chi connectivity index (χ4n) is 1.60. The Morgan fingerprint density at radius 3 is 2.18 bits per heavy atom. The number of rotatable bonds is 2. The molecule has 0 aliphatic carbocycles. The van der Waals surface area contributed by atoms with Gasteiger partial charge in [-0.2, -0.15) is 18.3 Å². The van der Waals surface area contributed by atoms with Crippen molar-refractivity contribution in [3.8, 4) is 0 Å². The summed E-state index contributed by atoms with van der Waals surface area (Å²) in [4.78, 5) is 0. The van der Waals surface area contributed by atoms with Gasteiger partial charge in [0, 0.05) is 0 Å². The van der Waals surface area contributed by atoms with Gasteiger partial charge >= 0.3 is 45.9 Å². The predicted molar refractivity (Wildman–Crippen MR) is 76.3 cm³/mol. The van der Waals surface area contributed by atoms with Crippen molar-refractivity contribution >= 4 is 0 Å². The molecule has 0 aromatic rings. The average Bonchev–Trinajstić information content (AvgIpc) is 2.48. The first-order valence-corrected chi connectivity index (χ1v) is 7.84. The standard InChI is InChI=1S/C6H12N2.C6H8N2.ClH3O4.Cu/c2*7-5-6-3-1-2-4-8-6;2-1(3,4)5;/h6-7H,1-5H2;1-3,7H,4-5H2;2-4H;/q2*-2;;+2. The van der Waals surface area contributed by atoms with E-state index < -0.39 is 10.2 Å². The summed E-state index contributed by atoms with van der Waals surface area (Å²) in [5.41, 5.74) is 14.8. The monoisotopic (exact) mass is 385 g/mol. The van der Waals surface area contributed by atoms with E-state index in [0.29, 0.717) is 19.1 Å². The third-order valence-electron chi connectivity index (χ3n) is 2.57. The van der Waals surface area contributed by atoms with Crippen molar-refractivity contribution in [2.45, 2.75) is 25.3 Å². The van der Waals surface area contributed by atoms with Crippen LogP contribution in [0.15, 0.2) is 23.9 Å². The van der Waals surface area contributed by atoms with Crippen molar-refractivity contribution in [1.29, 1.82) is 0 Å². The molecule has 1 atom stereocenters. The first kappa shape index (κ1) is 24.1. The van der Waals surface area contributed by atoms with Crippen LogP contribution < -0.4 is 4.66 Å². The first-order chi connectivity index (χ1) is 9.86. The fraction of sp³-hybridized carbons (Fsp3) is 0.667. The average molecular weight is 386 g/mol. The molecule has 2 aliphatic heterocycles. The Labute approximate surface area is 143 Å². The van der Waals surface area contributed by atoms with E-state index in [9.17, 15) is 0 Å². The van der Waals surface area contributed by atoms with Gasteiger partial charge in [0.2, 0.25) is 0 Å². The summed E-state index contributed by atoms with van der Waals surface area (Å²) >= 11 is 0. The van der Waals surface area contributed by atoms with Crippen molar-refractivity contribution in [2.24, 2.45) is 0 Å². The summed E-state index contributed by atoms with van der Waals surface area (Å²) < 4.78 is 30.2. The van der Waals surface area contributed by atoms with Crippen LogP contribution in [0.2, 0.25) is 0 Å². The summed E-state index contributed by atoms with van der Waals surface area (Å²) in [5.74, 6) is 0. The second-order valence-electron chi connectivity index (χ2n) is 4.30. The molecule has 0 aromatic heterocycles. The van der Waals surface area contributed by atoms with E-state index >= 15 is 0 Å². The van der Waals surface area contributed by atoms with Gasteiger partial charge in [-0.1, -0.05) is 31.4 Å². The van der Waals surface area contributed by atoms with Crippen molar-refractivity contribution in [1.82, 2.24) is 0 Å². The Hall–Kier alpha value is -0.191. The molecule has 2 heterocycles. The number of allylic oxidation sites excluding steroid dienone is 2. The number of nitrogens with one attached hydrogen (secondary N) is 2. The quantitative estimate of drug-likeness (QED) is 0.604. The van der Waals surface area contributed by atoms with Crippen molar-refractivity contribution in [3.63, 3.8) is 0 Å². The molecule has 10 heteroatoms. The third kappa shape index (κ3) is 17.9. The molecule has 0 aromatic carbocycles. The SMILES string of the molecule is [Cu+2].[NH-]CC1=CC=CC[N-]1.[NH-]CC1CCCC[N-]1.[O-][Cl+](O)(O)O. The normalized spacial score (nSPS) is 20.8. The first-order valence-electron chi connectivity index (χ1n) is 6.52. The number of hydrogen-bond acceptors (Lipinski definition) is 4. The van der Waals surface area contributed by atoms with Crippen molar-refractivity contribution in [2.75, 3.05) is 26.2 Å². The Balaban J connectivity index is 0. The number of piperidine rings is 1. The summed E-state index contributed by atoms with van der Waals surface area (Å²) in [6, 6.07) is 0.378. The minimum atomic E-state index is -4.19. The predicted octanol–water partition coefficient (Wildman–Crippen LogP) is 0.968. The Bertz CT molecular complexity index is 315. The van der Waals surface area contributed by atoms with Crippen LogP contribution in [0, 0.1) is 10.2 Å². The molecule has 1 radical (unpaired) electrons. The van der Waals surface area contributed by atoms with Gasteiger partial charge in [-0.25, -0.2) is 0 Å². The number of hydrogen-bond donors (Lipinski definition) is 3. The summed E-state index contributed by atoms with van der Waals surface area (Å²) in [6.45, 7) is 2.57. The van der Waals surface area contributed by atoms with E-state index in [0.717, 1.165) is 25.2 Å². The van der Waals surface area contributed by atoms with E-state index in [1.165, 1.54) is 12.8 Å². The maximum atomic E-state index is 8.83. The topological polar surface area (TPSA) is 160 Å². The van der Waals surface area contributed by atoms with Gasteiger partial charge in [0.1, 0.15) is 0 Å². The van der Waals surface area contributed by atoms with Crippen LogP contribution >= 0.6 is 0 Å². The molecule has 1 unspecified atom stereocenters. The summed E-state index contributed by atoms with van der Waals surface area (Å²) in [5, 5.41) is 8.30. The van der Waals surface area contributed by atoms with E-state index in [-0.39, 0.29) is 17.1 Å². The summed E-state index contributed by atoms with van der Waals surface area (Å²) in [7, 11) is -4.19. The molecule has 0 bridgehead atoms. The van der Waals surface area contributed by atoms with E-state index in [4.69, 9.17) is 30.1 Å². The molecule has 8 nitrogen and oxygen atoms in total. The van der Waals surface area contributed by atoms with Gasteiger partial charge in [-0.3, -0.25) is 0 Å². The van der Waals surface area contributed by atoms with Crippen LogP contribution in [0.25, 0.3) is 22.1 Å². The molecule has 1 fully saturated rings. The Kier molecular flexibility index (Phi) is 15.8. The van der Waals surface area contributed by atoms with E-state index in [2.05, 4.69) is 10.6 Å². The molecular formula is C12H23ClCuN4O4-2. The van der Waals surface area contributed by atoms with Crippen LogP contribution in [0.1, 0.15) is 19.3 Å².